The normalized spacial score (nSPS) is 16.5. The fourth-order valence-corrected chi connectivity index (χ4v) is 13.0. The first-order valence-electron chi connectivity index (χ1n) is 12.4. The molecule has 3 aromatic rings. The van der Waals surface area contributed by atoms with Crippen molar-refractivity contribution >= 4 is 25.4 Å². The van der Waals surface area contributed by atoms with E-state index in [0.29, 0.717) is 23.2 Å². The third-order valence-corrected chi connectivity index (χ3v) is 14.6. The summed E-state index contributed by atoms with van der Waals surface area (Å²) < 4.78 is 8.90. The number of aromatic nitrogens is 2. The first kappa shape index (κ1) is 24.3. The van der Waals surface area contributed by atoms with E-state index in [-0.39, 0.29) is 6.04 Å². The average molecular weight is 480 g/mol. The number of carbonyl (C=O) groups is 1. The van der Waals surface area contributed by atoms with Gasteiger partial charge in [0, 0.05) is 12.7 Å². The lowest BCUT2D eigenvalue weighted by atomic mass is 9.93. The van der Waals surface area contributed by atoms with Gasteiger partial charge in [-0.05, 0) is 71.6 Å². The first-order chi connectivity index (χ1) is 16.1. The molecule has 3 heterocycles. The molecule has 0 aliphatic carbocycles. The standard InChI is InChI=1S/C27H37N3O3Si/c1-17(2)34(18(3)4,19(5)6)30-15-12-23-25(10-13-28-26(23)30)33-22-9-8-21-11-14-29(27(31)32)20(7)24(21)16-22/h8-10,12-13,15-20H,11,14H2,1-7H3,(H,31,32)/t20-/m0/s1. The number of carboxylic acid groups (broad SMARTS) is 1. The molecule has 34 heavy (non-hydrogen) atoms. The van der Waals surface area contributed by atoms with Gasteiger partial charge in [-0.1, -0.05) is 47.6 Å². The van der Waals surface area contributed by atoms with Gasteiger partial charge >= 0.3 is 6.09 Å². The Balaban J connectivity index is 1.75. The van der Waals surface area contributed by atoms with E-state index in [9.17, 15) is 9.90 Å². The van der Waals surface area contributed by atoms with Crippen molar-refractivity contribution in [2.75, 3.05) is 6.54 Å². The number of amides is 1. The second-order valence-electron chi connectivity index (χ2n) is 10.4. The summed E-state index contributed by atoms with van der Waals surface area (Å²) in [5, 5.41) is 10.5. The van der Waals surface area contributed by atoms with Gasteiger partial charge in [-0.2, -0.15) is 0 Å². The number of pyridine rings is 1. The lowest BCUT2D eigenvalue weighted by Crippen LogP contribution is -2.51. The number of ether oxygens (including phenoxy) is 1. The molecule has 6 nitrogen and oxygen atoms in total. The highest BCUT2D eigenvalue weighted by Gasteiger charge is 2.46. The fourth-order valence-electron chi connectivity index (χ4n) is 6.49. The summed E-state index contributed by atoms with van der Waals surface area (Å²) in [5.74, 6) is 1.50. The molecule has 1 aliphatic rings. The summed E-state index contributed by atoms with van der Waals surface area (Å²) in [6.45, 7) is 16.6. The molecule has 2 aromatic heterocycles. The Hall–Kier alpha value is -2.80. The number of hydrogen-bond acceptors (Lipinski definition) is 3. The Labute approximate surface area is 203 Å². The molecule has 1 aromatic carbocycles. The second kappa shape index (κ2) is 9.10. The van der Waals surface area contributed by atoms with Crippen molar-refractivity contribution in [3.8, 4) is 11.5 Å². The van der Waals surface area contributed by atoms with Gasteiger partial charge < -0.3 is 19.0 Å². The topological polar surface area (TPSA) is 67.6 Å². The van der Waals surface area contributed by atoms with Crippen LogP contribution in [-0.4, -0.2) is 40.1 Å². The SMILES string of the molecule is CC(C)[Si](C(C)C)(C(C)C)n1ccc2c(Oc3ccc4c(c3)[C@H](C)N(C(=O)O)CC4)ccnc21. The third kappa shape index (κ3) is 3.80. The quantitative estimate of drug-likeness (QED) is 0.373. The van der Waals surface area contributed by atoms with Gasteiger partial charge in [-0.15, -0.1) is 0 Å². The lowest BCUT2D eigenvalue weighted by Gasteiger charge is -2.44. The number of hydrogen-bond donors (Lipinski definition) is 1. The number of rotatable bonds is 6. The highest BCUT2D eigenvalue weighted by atomic mass is 28.3. The molecule has 0 unspecified atom stereocenters. The maximum atomic E-state index is 11.6. The van der Waals surface area contributed by atoms with Crippen LogP contribution in [0.25, 0.3) is 11.0 Å². The highest BCUT2D eigenvalue weighted by Crippen LogP contribution is 2.45. The van der Waals surface area contributed by atoms with E-state index >= 15 is 0 Å². The number of benzene rings is 1. The monoisotopic (exact) mass is 479 g/mol. The zero-order valence-corrected chi connectivity index (χ0v) is 22.4. The predicted molar refractivity (Wildman–Crippen MR) is 140 cm³/mol. The van der Waals surface area contributed by atoms with Crippen LogP contribution in [0.1, 0.15) is 65.6 Å². The van der Waals surface area contributed by atoms with E-state index in [4.69, 9.17) is 9.72 Å². The molecule has 0 saturated heterocycles. The molecule has 0 fully saturated rings. The Bertz CT molecular complexity index is 1180. The van der Waals surface area contributed by atoms with Gasteiger partial charge in [0.05, 0.1) is 11.4 Å². The summed E-state index contributed by atoms with van der Waals surface area (Å²) in [6.07, 6.45) is 3.90. The van der Waals surface area contributed by atoms with Gasteiger partial charge in [-0.3, -0.25) is 0 Å². The Morgan fingerprint density at radius 1 is 1.09 bits per heavy atom. The molecule has 1 aliphatic heterocycles. The second-order valence-corrected chi connectivity index (χ2v) is 16.2. The van der Waals surface area contributed by atoms with Gasteiger partial charge in [-0.25, -0.2) is 9.78 Å². The van der Waals surface area contributed by atoms with Crippen molar-refractivity contribution in [3.05, 3.63) is 53.9 Å². The van der Waals surface area contributed by atoms with Crippen molar-refractivity contribution in [2.24, 2.45) is 0 Å². The molecule has 4 rings (SSSR count). The maximum Gasteiger partial charge on any atom is 0.407 e. The van der Waals surface area contributed by atoms with Crippen LogP contribution < -0.4 is 4.74 Å². The molecular formula is C27H37N3O3Si. The zero-order chi connectivity index (χ0) is 24.8. The van der Waals surface area contributed by atoms with Gasteiger partial charge in [0.15, 0.2) is 8.24 Å². The molecule has 182 valence electrons. The number of fused-ring (bicyclic) bond motifs is 2. The minimum absolute atomic E-state index is 0.196. The minimum atomic E-state index is -1.94. The molecular weight excluding hydrogens is 442 g/mol. The van der Waals surface area contributed by atoms with E-state index in [1.54, 1.807) is 0 Å². The first-order valence-corrected chi connectivity index (χ1v) is 14.5. The van der Waals surface area contributed by atoms with Crippen LogP contribution in [0, 0.1) is 0 Å². The molecule has 0 bridgehead atoms. The molecule has 1 N–H and O–H groups in total. The summed E-state index contributed by atoms with van der Waals surface area (Å²) in [7, 11) is -1.94. The van der Waals surface area contributed by atoms with Crippen LogP contribution in [0.3, 0.4) is 0 Å². The van der Waals surface area contributed by atoms with Crippen molar-refractivity contribution in [1.82, 2.24) is 14.1 Å². The van der Waals surface area contributed by atoms with Crippen molar-refractivity contribution in [3.63, 3.8) is 0 Å². The smallest absolute Gasteiger partial charge is 0.407 e. The molecule has 1 amide bonds. The van der Waals surface area contributed by atoms with E-state index in [0.717, 1.165) is 34.5 Å². The van der Waals surface area contributed by atoms with Crippen LogP contribution in [0.15, 0.2) is 42.7 Å². The van der Waals surface area contributed by atoms with E-state index in [1.807, 2.05) is 31.3 Å². The van der Waals surface area contributed by atoms with E-state index in [2.05, 4.69) is 64.1 Å². The van der Waals surface area contributed by atoms with Crippen LogP contribution in [0.5, 0.6) is 11.5 Å². The van der Waals surface area contributed by atoms with Gasteiger partial charge in [0.1, 0.15) is 17.1 Å². The predicted octanol–water partition coefficient (Wildman–Crippen LogP) is 7.45. The summed E-state index contributed by atoms with van der Waals surface area (Å²) in [4.78, 5) is 17.9. The third-order valence-electron chi connectivity index (χ3n) is 7.87. The zero-order valence-electron chi connectivity index (χ0n) is 21.4. The molecule has 0 radical (unpaired) electrons. The summed E-state index contributed by atoms with van der Waals surface area (Å²) in [5.41, 5.74) is 4.88. The average Bonchev–Trinajstić information content (AvgIpc) is 3.19. The molecule has 1 atom stereocenters. The lowest BCUT2D eigenvalue weighted by molar-refractivity contribution is 0.124. The Morgan fingerprint density at radius 3 is 2.38 bits per heavy atom. The van der Waals surface area contributed by atoms with Gasteiger partial charge in [0.2, 0.25) is 0 Å². The molecule has 0 spiro atoms. The largest absolute Gasteiger partial charge is 0.465 e. The van der Waals surface area contributed by atoms with Gasteiger partial charge in [0.25, 0.3) is 0 Å². The fraction of sp³-hybridized carbons (Fsp3) is 0.481. The Morgan fingerprint density at radius 2 is 1.76 bits per heavy atom. The summed E-state index contributed by atoms with van der Waals surface area (Å²) in [6, 6.07) is 9.91. The van der Waals surface area contributed by atoms with Crippen molar-refractivity contribution < 1.29 is 14.6 Å². The number of nitrogens with zero attached hydrogens (tertiary/aromatic N) is 3. The van der Waals surface area contributed by atoms with Crippen LogP contribution in [-0.2, 0) is 6.42 Å². The molecule has 0 saturated carbocycles. The minimum Gasteiger partial charge on any atom is -0.465 e. The van der Waals surface area contributed by atoms with Crippen LogP contribution in [0.2, 0.25) is 16.6 Å². The van der Waals surface area contributed by atoms with E-state index in [1.165, 1.54) is 10.5 Å². The van der Waals surface area contributed by atoms with Crippen LogP contribution in [0.4, 0.5) is 4.79 Å². The summed E-state index contributed by atoms with van der Waals surface area (Å²) >= 11 is 0. The van der Waals surface area contributed by atoms with E-state index < -0.39 is 14.3 Å². The van der Waals surface area contributed by atoms with Crippen molar-refractivity contribution in [1.29, 1.82) is 0 Å². The van der Waals surface area contributed by atoms with Crippen molar-refractivity contribution in [2.45, 2.75) is 77.6 Å². The van der Waals surface area contributed by atoms with Crippen LogP contribution >= 0.6 is 0 Å². The molecule has 7 heteroatoms. The Kier molecular flexibility index (Phi) is 6.51. The maximum absolute atomic E-state index is 11.6. The highest BCUT2D eigenvalue weighted by molar-refractivity contribution is 6.82.